The zero-order valence-corrected chi connectivity index (χ0v) is 37.8. The number of para-hydroxylation sites is 1. The van der Waals surface area contributed by atoms with E-state index in [1.54, 1.807) is 0 Å². The van der Waals surface area contributed by atoms with E-state index in [-0.39, 0.29) is 5.41 Å². The maximum absolute atomic E-state index is 2.50. The molecule has 0 atom stereocenters. The highest BCUT2D eigenvalue weighted by Gasteiger charge is 2.38. The van der Waals surface area contributed by atoms with Crippen LogP contribution in [0.3, 0.4) is 0 Å². The molecule has 64 heavy (non-hydrogen) atoms. The predicted octanol–water partition coefficient (Wildman–Crippen LogP) is 18.1. The molecule has 0 bridgehead atoms. The van der Waals surface area contributed by atoms with Gasteiger partial charge in [0.1, 0.15) is 0 Å². The number of hydrogen-bond donors (Lipinski definition) is 0. The highest BCUT2D eigenvalue weighted by atomic mass is 32.1. The fourth-order valence-corrected chi connectivity index (χ4v) is 12.3. The Balaban J connectivity index is 1.08. The van der Waals surface area contributed by atoms with Gasteiger partial charge in [-0.25, -0.2) is 0 Å². The van der Waals surface area contributed by atoms with E-state index in [0.717, 1.165) is 28.4 Å². The van der Waals surface area contributed by atoms with Crippen LogP contribution in [0.2, 0.25) is 0 Å². The number of rotatable bonds is 7. The van der Waals surface area contributed by atoms with E-state index in [2.05, 4.69) is 243 Å². The van der Waals surface area contributed by atoms with Crippen molar-refractivity contribution >= 4 is 114 Å². The Morgan fingerprint density at radius 3 is 1.27 bits per heavy atom. The Morgan fingerprint density at radius 2 is 0.797 bits per heavy atom. The molecule has 0 spiro atoms. The summed E-state index contributed by atoms with van der Waals surface area (Å²) >= 11 is 3.75. The summed E-state index contributed by atoms with van der Waals surface area (Å²) in [5, 5.41) is 5.16. The molecule has 1 aliphatic heterocycles. The van der Waals surface area contributed by atoms with Crippen molar-refractivity contribution in [3.05, 3.63) is 222 Å². The fraction of sp³-hybridized carbons (Fsp3) is 0.0847. The average molecular weight is 860 g/mol. The van der Waals surface area contributed by atoms with Gasteiger partial charge in [-0.1, -0.05) is 140 Å². The van der Waals surface area contributed by atoms with Gasteiger partial charge in [0, 0.05) is 64.8 Å². The Bertz CT molecular complexity index is 3350. The first-order valence-electron chi connectivity index (χ1n) is 22.0. The Kier molecular flexibility index (Phi) is 9.01. The summed E-state index contributed by atoms with van der Waals surface area (Å²) < 4.78 is 5.16. The summed E-state index contributed by atoms with van der Waals surface area (Å²) in [4.78, 5) is 7.43. The van der Waals surface area contributed by atoms with Crippen LogP contribution in [0.5, 0.6) is 0 Å². The highest BCUT2D eigenvalue weighted by Crippen LogP contribution is 2.56. The van der Waals surface area contributed by atoms with Gasteiger partial charge < -0.3 is 14.7 Å². The number of fused-ring (bicyclic) bond motifs is 8. The minimum atomic E-state index is -0.298. The third kappa shape index (κ3) is 6.14. The van der Waals surface area contributed by atoms with Crippen LogP contribution in [-0.4, -0.2) is 0 Å². The van der Waals surface area contributed by atoms with Gasteiger partial charge >= 0.3 is 0 Å². The quantitative estimate of drug-likeness (QED) is 0.158. The molecule has 11 aromatic rings. The van der Waals surface area contributed by atoms with E-state index in [9.17, 15) is 0 Å². The van der Waals surface area contributed by atoms with Gasteiger partial charge in [0.2, 0.25) is 0 Å². The van der Waals surface area contributed by atoms with Gasteiger partial charge in [-0.15, -0.1) is 22.7 Å². The molecule has 2 aromatic heterocycles. The maximum atomic E-state index is 2.50. The molecule has 0 saturated heterocycles. The van der Waals surface area contributed by atoms with Crippen LogP contribution >= 0.6 is 22.7 Å². The molecule has 9 aromatic carbocycles. The van der Waals surface area contributed by atoms with E-state index in [4.69, 9.17) is 0 Å². The number of anilines is 9. The summed E-state index contributed by atoms with van der Waals surface area (Å²) in [5.41, 5.74) is 15.1. The van der Waals surface area contributed by atoms with E-state index < -0.39 is 0 Å². The first-order chi connectivity index (χ1) is 31.3. The second-order valence-electron chi connectivity index (χ2n) is 17.5. The van der Waals surface area contributed by atoms with Gasteiger partial charge in [-0.2, -0.15) is 0 Å². The largest absolute Gasteiger partial charge is 0.310 e. The monoisotopic (exact) mass is 859 g/mol. The first kappa shape index (κ1) is 38.5. The molecular weight excluding hydrogens is 815 g/mol. The lowest BCUT2D eigenvalue weighted by atomic mass is 9.73. The Hall–Kier alpha value is -7.18. The minimum Gasteiger partial charge on any atom is -0.310 e. The number of aryl methyl sites for hydroxylation is 2. The zero-order valence-electron chi connectivity index (χ0n) is 36.2. The van der Waals surface area contributed by atoms with Gasteiger partial charge in [-0.05, 0) is 110 Å². The van der Waals surface area contributed by atoms with Gasteiger partial charge in [0.15, 0.2) is 0 Å². The third-order valence-electron chi connectivity index (χ3n) is 13.2. The lowest BCUT2D eigenvalue weighted by molar-refractivity contribution is 0.632. The molecule has 0 unspecified atom stereocenters. The van der Waals surface area contributed by atoms with E-state index in [1.165, 1.54) is 85.3 Å². The van der Waals surface area contributed by atoms with Crippen molar-refractivity contribution in [3.63, 3.8) is 0 Å². The van der Waals surface area contributed by atoms with E-state index in [0.29, 0.717) is 0 Å². The smallest absolute Gasteiger partial charge is 0.0640 e. The molecule has 0 fully saturated rings. The minimum absolute atomic E-state index is 0.298. The second-order valence-corrected chi connectivity index (χ2v) is 19.6. The second kappa shape index (κ2) is 15.0. The molecule has 308 valence electrons. The predicted molar refractivity (Wildman–Crippen MR) is 278 cm³/mol. The standard InChI is InChI=1S/C59H45N3S2/c1-38-24-28-41(29-25-38)60(51-20-12-18-47-45-16-8-10-22-55(45)63-57(47)51)43-32-34-49-53(36-43)62(40-14-6-5-7-15-40)54-37-44(33-35-50(54)59(49,3)4)61(42-30-26-39(2)27-31-42)52-21-13-19-48-46-17-9-11-23-56(46)64-58(48)52/h5-37H,1-4H3. The molecule has 5 heteroatoms. The van der Waals surface area contributed by atoms with Crippen molar-refractivity contribution in [2.45, 2.75) is 33.1 Å². The van der Waals surface area contributed by atoms with Crippen LogP contribution in [0.25, 0.3) is 40.3 Å². The lowest BCUT2D eigenvalue weighted by Gasteiger charge is -2.43. The van der Waals surface area contributed by atoms with E-state index in [1.807, 2.05) is 22.7 Å². The molecular formula is C59H45N3S2. The van der Waals surface area contributed by atoms with Gasteiger partial charge in [-0.3, -0.25) is 0 Å². The normalized spacial score (nSPS) is 13.1. The van der Waals surface area contributed by atoms with Gasteiger partial charge in [0.05, 0.1) is 32.1 Å². The molecule has 0 radical (unpaired) electrons. The topological polar surface area (TPSA) is 9.72 Å². The van der Waals surface area contributed by atoms with Crippen LogP contribution < -0.4 is 14.7 Å². The summed E-state index contributed by atoms with van der Waals surface area (Å²) in [5.74, 6) is 0. The lowest BCUT2D eigenvalue weighted by Crippen LogP contribution is -2.31. The van der Waals surface area contributed by atoms with Crippen molar-refractivity contribution < 1.29 is 0 Å². The first-order valence-corrected chi connectivity index (χ1v) is 23.6. The number of thiophene rings is 2. The molecule has 1 aliphatic rings. The van der Waals surface area contributed by atoms with Crippen molar-refractivity contribution in [1.82, 2.24) is 0 Å². The molecule has 3 nitrogen and oxygen atoms in total. The van der Waals surface area contributed by atoms with Crippen LogP contribution in [0, 0.1) is 13.8 Å². The molecule has 0 N–H and O–H groups in total. The Morgan fingerprint density at radius 1 is 0.391 bits per heavy atom. The highest BCUT2D eigenvalue weighted by molar-refractivity contribution is 7.26. The summed E-state index contributed by atoms with van der Waals surface area (Å²) in [7, 11) is 0. The average Bonchev–Trinajstić information content (AvgIpc) is 3.91. The molecule has 3 heterocycles. The maximum Gasteiger partial charge on any atom is 0.0640 e. The van der Waals surface area contributed by atoms with Crippen LogP contribution in [0.1, 0.15) is 36.1 Å². The van der Waals surface area contributed by atoms with Crippen molar-refractivity contribution in [3.8, 4) is 0 Å². The summed E-state index contributed by atoms with van der Waals surface area (Å²) in [6, 6.07) is 74.3. The summed E-state index contributed by atoms with van der Waals surface area (Å²) in [6.07, 6.45) is 0. The van der Waals surface area contributed by atoms with Gasteiger partial charge in [0.25, 0.3) is 0 Å². The van der Waals surface area contributed by atoms with E-state index >= 15 is 0 Å². The number of hydrogen-bond acceptors (Lipinski definition) is 5. The Labute approximate surface area is 382 Å². The number of benzene rings is 9. The fourth-order valence-electron chi connectivity index (χ4n) is 9.93. The third-order valence-corrected chi connectivity index (χ3v) is 15.6. The van der Waals surface area contributed by atoms with Crippen molar-refractivity contribution in [1.29, 1.82) is 0 Å². The van der Waals surface area contributed by atoms with Crippen molar-refractivity contribution in [2.24, 2.45) is 0 Å². The van der Waals surface area contributed by atoms with Crippen LogP contribution in [0.15, 0.2) is 200 Å². The number of nitrogens with zero attached hydrogens (tertiary/aromatic N) is 3. The molecule has 0 aliphatic carbocycles. The van der Waals surface area contributed by atoms with Crippen LogP contribution in [-0.2, 0) is 5.41 Å². The molecule has 12 rings (SSSR count). The zero-order chi connectivity index (χ0) is 43.1. The van der Waals surface area contributed by atoms with Crippen LogP contribution in [0.4, 0.5) is 51.2 Å². The molecule has 0 amide bonds. The summed E-state index contributed by atoms with van der Waals surface area (Å²) in [6.45, 7) is 9.09. The molecule has 0 saturated carbocycles. The SMILES string of the molecule is Cc1ccc(N(c2ccc3c(c2)N(c2ccccc2)c2cc(N(c4ccc(C)cc4)c4cccc5c4sc4ccccc45)ccc2C3(C)C)c2cccc3c2sc2ccccc23)cc1. The van der Waals surface area contributed by atoms with Crippen molar-refractivity contribution in [2.75, 3.05) is 14.7 Å².